The fourth-order valence-corrected chi connectivity index (χ4v) is 1.96. The van der Waals surface area contributed by atoms with Crippen LogP contribution < -0.4 is 11.2 Å². The zero-order valence-corrected chi connectivity index (χ0v) is 9.68. The van der Waals surface area contributed by atoms with Crippen molar-refractivity contribution in [1.29, 1.82) is 0 Å². The molecule has 4 N–H and O–H groups in total. The van der Waals surface area contributed by atoms with E-state index in [1.165, 1.54) is 0 Å². The molecule has 0 saturated carbocycles. The Balaban J connectivity index is 2.52. The molecule has 102 valence electrons. The van der Waals surface area contributed by atoms with Crippen LogP contribution in [0.5, 0.6) is 0 Å². The van der Waals surface area contributed by atoms with Crippen molar-refractivity contribution in [3.8, 4) is 12.3 Å². The van der Waals surface area contributed by atoms with Gasteiger partial charge < -0.3 is 20.1 Å². The summed E-state index contributed by atoms with van der Waals surface area (Å²) in [5, 5.41) is 29.1. The molecule has 0 amide bonds. The fraction of sp³-hybridized carbons (Fsp3) is 0.455. The summed E-state index contributed by atoms with van der Waals surface area (Å²) in [6, 6.07) is 1.04. The summed E-state index contributed by atoms with van der Waals surface area (Å²) in [7, 11) is 0. The predicted octanol–water partition coefficient (Wildman–Crippen LogP) is -2.85. The third-order valence-electron chi connectivity index (χ3n) is 3.00. The smallest absolute Gasteiger partial charge is 0.330 e. The van der Waals surface area contributed by atoms with E-state index in [-0.39, 0.29) is 0 Å². The lowest BCUT2D eigenvalue weighted by molar-refractivity contribution is -0.0764. The molecule has 2 heterocycles. The summed E-state index contributed by atoms with van der Waals surface area (Å²) in [4.78, 5) is 24.6. The highest BCUT2D eigenvalue weighted by atomic mass is 16.6. The van der Waals surface area contributed by atoms with Crippen LogP contribution in [0, 0.1) is 12.3 Å². The molecule has 0 bridgehead atoms. The Morgan fingerprint density at radius 2 is 2.26 bits per heavy atom. The molecule has 1 aromatic heterocycles. The van der Waals surface area contributed by atoms with E-state index in [0.717, 1.165) is 16.8 Å². The van der Waals surface area contributed by atoms with Gasteiger partial charge in [0.1, 0.15) is 12.2 Å². The molecule has 2 rings (SSSR count). The summed E-state index contributed by atoms with van der Waals surface area (Å²) in [6.07, 6.45) is 2.15. The highest BCUT2D eigenvalue weighted by Crippen LogP contribution is 2.36. The van der Waals surface area contributed by atoms with Crippen LogP contribution in [-0.4, -0.2) is 49.3 Å². The number of hydrogen-bond donors (Lipinski definition) is 4. The Kier molecular flexibility index (Phi) is 3.30. The second kappa shape index (κ2) is 4.64. The van der Waals surface area contributed by atoms with E-state index in [1.807, 2.05) is 10.9 Å². The molecule has 1 saturated heterocycles. The number of H-pyrrole nitrogens is 1. The summed E-state index contributed by atoms with van der Waals surface area (Å²) in [6.45, 7) is -0.584. The van der Waals surface area contributed by atoms with Crippen molar-refractivity contribution in [3.05, 3.63) is 33.1 Å². The molecule has 0 aliphatic carbocycles. The van der Waals surface area contributed by atoms with Crippen LogP contribution in [0.3, 0.4) is 0 Å². The number of hydrogen-bond acceptors (Lipinski definition) is 6. The number of aliphatic hydroxyl groups is 3. The van der Waals surface area contributed by atoms with E-state index in [0.29, 0.717) is 0 Å². The maximum absolute atomic E-state index is 11.6. The average Bonchev–Trinajstić information content (AvgIpc) is 2.63. The Bertz CT molecular complexity index is 629. The largest absolute Gasteiger partial charge is 0.394 e. The van der Waals surface area contributed by atoms with Crippen molar-refractivity contribution < 1.29 is 20.1 Å². The summed E-state index contributed by atoms with van der Waals surface area (Å²) in [5.41, 5.74) is -3.66. The molecule has 1 fully saturated rings. The SMILES string of the molecule is C#C[C@@]1(O)[C@H](O)[C@@H](CO)O[C@H]1n1ccc(=O)[nH]c1=O. The molecule has 0 radical (unpaired) electrons. The monoisotopic (exact) mass is 268 g/mol. The van der Waals surface area contributed by atoms with Gasteiger partial charge in [0.05, 0.1) is 6.61 Å². The maximum atomic E-state index is 11.6. The zero-order chi connectivity index (χ0) is 14.2. The van der Waals surface area contributed by atoms with Gasteiger partial charge in [-0.2, -0.15) is 0 Å². The third kappa shape index (κ3) is 1.98. The average molecular weight is 268 g/mol. The first kappa shape index (κ1) is 13.5. The number of aromatic amines is 1. The van der Waals surface area contributed by atoms with E-state index in [9.17, 15) is 19.8 Å². The molecule has 4 atom stereocenters. The van der Waals surface area contributed by atoms with Gasteiger partial charge in [-0.25, -0.2) is 4.79 Å². The molecule has 8 heteroatoms. The van der Waals surface area contributed by atoms with Crippen molar-refractivity contribution in [2.24, 2.45) is 0 Å². The Hall–Kier alpha value is -1.92. The van der Waals surface area contributed by atoms with Gasteiger partial charge in [-0.3, -0.25) is 14.3 Å². The minimum atomic E-state index is -2.19. The van der Waals surface area contributed by atoms with Gasteiger partial charge in [0.2, 0.25) is 0 Å². The molecule has 0 spiro atoms. The number of rotatable bonds is 2. The van der Waals surface area contributed by atoms with Gasteiger partial charge in [-0.1, -0.05) is 5.92 Å². The molecule has 1 aromatic rings. The lowest BCUT2D eigenvalue weighted by Crippen LogP contribution is -2.48. The van der Waals surface area contributed by atoms with Gasteiger partial charge in [0.25, 0.3) is 5.56 Å². The van der Waals surface area contributed by atoms with E-state index in [4.69, 9.17) is 16.3 Å². The van der Waals surface area contributed by atoms with Gasteiger partial charge in [-0.05, 0) is 0 Å². The van der Waals surface area contributed by atoms with E-state index < -0.39 is 41.9 Å². The summed E-state index contributed by atoms with van der Waals surface area (Å²) >= 11 is 0. The van der Waals surface area contributed by atoms with Crippen LogP contribution in [0.4, 0.5) is 0 Å². The minimum absolute atomic E-state index is 0.584. The molecular formula is C11H12N2O6. The fourth-order valence-electron chi connectivity index (χ4n) is 1.96. The van der Waals surface area contributed by atoms with Crippen LogP contribution in [0.1, 0.15) is 6.23 Å². The molecule has 0 aromatic carbocycles. The Labute approximate surface area is 106 Å². The molecule has 0 unspecified atom stereocenters. The van der Waals surface area contributed by atoms with Gasteiger partial charge in [-0.15, -0.1) is 6.42 Å². The molecule has 1 aliphatic rings. The Morgan fingerprint density at radius 3 is 2.79 bits per heavy atom. The normalized spacial score (nSPS) is 34.1. The second-order valence-electron chi connectivity index (χ2n) is 4.14. The third-order valence-corrected chi connectivity index (χ3v) is 3.00. The molecule has 8 nitrogen and oxygen atoms in total. The molecule has 19 heavy (non-hydrogen) atoms. The minimum Gasteiger partial charge on any atom is -0.394 e. The summed E-state index contributed by atoms with van der Waals surface area (Å²) in [5.74, 6) is 1.96. The highest BCUT2D eigenvalue weighted by molar-refractivity contribution is 5.19. The Morgan fingerprint density at radius 1 is 1.58 bits per heavy atom. The van der Waals surface area contributed by atoms with Gasteiger partial charge in [0.15, 0.2) is 11.8 Å². The topological polar surface area (TPSA) is 125 Å². The van der Waals surface area contributed by atoms with Gasteiger partial charge >= 0.3 is 5.69 Å². The van der Waals surface area contributed by atoms with Crippen LogP contribution in [0.15, 0.2) is 21.9 Å². The van der Waals surface area contributed by atoms with Crippen LogP contribution in [-0.2, 0) is 4.74 Å². The standard InChI is InChI=1S/C11H12N2O6/c1-2-11(18)8(16)6(5-14)19-9(11)13-4-3-7(15)12-10(13)17/h1,3-4,6,8-9,14,16,18H,5H2,(H,12,15,17)/t6-,8-,9-,11-/m1/s1. The summed E-state index contributed by atoms with van der Waals surface area (Å²) < 4.78 is 6.03. The predicted molar refractivity (Wildman–Crippen MR) is 62.1 cm³/mol. The number of aliphatic hydroxyl groups excluding tert-OH is 2. The lowest BCUT2D eigenvalue weighted by atomic mass is 9.95. The number of ether oxygens (including phenoxy) is 1. The molecule has 1 aliphatic heterocycles. The second-order valence-corrected chi connectivity index (χ2v) is 4.14. The number of nitrogens with one attached hydrogen (secondary N) is 1. The van der Waals surface area contributed by atoms with Crippen molar-refractivity contribution >= 4 is 0 Å². The first-order valence-corrected chi connectivity index (χ1v) is 5.40. The van der Waals surface area contributed by atoms with Crippen molar-refractivity contribution in [1.82, 2.24) is 9.55 Å². The number of aromatic nitrogens is 2. The number of terminal acetylenes is 1. The molecular weight excluding hydrogens is 256 g/mol. The lowest BCUT2D eigenvalue weighted by Gasteiger charge is -2.26. The van der Waals surface area contributed by atoms with Crippen LogP contribution >= 0.6 is 0 Å². The maximum Gasteiger partial charge on any atom is 0.330 e. The zero-order valence-electron chi connectivity index (χ0n) is 9.68. The van der Waals surface area contributed by atoms with Crippen LogP contribution in [0.25, 0.3) is 0 Å². The number of nitrogens with zero attached hydrogens (tertiary/aromatic N) is 1. The highest BCUT2D eigenvalue weighted by Gasteiger charge is 2.55. The van der Waals surface area contributed by atoms with E-state index >= 15 is 0 Å². The van der Waals surface area contributed by atoms with E-state index in [2.05, 4.69) is 0 Å². The first-order valence-electron chi connectivity index (χ1n) is 5.40. The van der Waals surface area contributed by atoms with Crippen LogP contribution in [0.2, 0.25) is 0 Å². The first-order chi connectivity index (χ1) is 8.93. The van der Waals surface area contributed by atoms with Gasteiger partial charge in [0, 0.05) is 12.3 Å². The van der Waals surface area contributed by atoms with Crippen molar-refractivity contribution in [3.63, 3.8) is 0 Å². The quantitative estimate of drug-likeness (QED) is 0.428. The van der Waals surface area contributed by atoms with Crippen molar-refractivity contribution in [2.75, 3.05) is 6.61 Å². The van der Waals surface area contributed by atoms with E-state index in [1.54, 1.807) is 0 Å². The van der Waals surface area contributed by atoms with Crippen molar-refractivity contribution in [2.45, 2.75) is 24.0 Å².